The van der Waals surface area contributed by atoms with Gasteiger partial charge < -0.3 is 10.4 Å². The van der Waals surface area contributed by atoms with Gasteiger partial charge in [-0.05, 0) is 31.9 Å². The summed E-state index contributed by atoms with van der Waals surface area (Å²) in [6, 6.07) is 5.86. The van der Waals surface area contributed by atoms with Gasteiger partial charge in [-0.15, -0.1) is 0 Å². The molecule has 5 nitrogen and oxygen atoms in total. The minimum absolute atomic E-state index is 0.117. The maximum atomic E-state index is 12.1. The van der Waals surface area contributed by atoms with Crippen molar-refractivity contribution >= 4 is 17.6 Å². The van der Waals surface area contributed by atoms with Gasteiger partial charge in [0.25, 0.3) is 0 Å². The summed E-state index contributed by atoms with van der Waals surface area (Å²) in [4.78, 5) is 24.9. The first-order valence-corrected chi connectivity index (χ1v) is 6.97. The second-order valence-corrected chi connectivity index (χ2v) is 5.40. The van der Waals surface area contributed by atoms with Crippen molar-refractivity contribution in [3.63, 3.8) is 0 Å². The lowest BCUT2D eigenvalue weighted by Gasteiger charge is -2.25. The van der Waals surface area contributed by atoms with E-state index >= 15 is 0 Å². The number of anilines is 1. The molecule has 0 saturated carbocycles. The number of carboxylic acid groups (broad SMARTS) is 1. The van der Waals surface area contributed by atoms with Crippen molar-refractivity contribution in [2.75, 3.05) is 25.0 Å². The summed E-state index contributed by atoms with van der Waals surface area (Å²) in [5.74, 6) is -1.02. The smallest absolute Gasteiger partial charge is 0.332 e. The topological polar surface area (TPSA) is 69.6 Å². The molecule has 2 rings (SSSR count). The van der Waals surface area contributed by atoms with Crippen LogP contribution < -0.4 is 5.32 Å². The molecule has 0 radical (unpaired) electrons. The summed E-state index contributed by atoms with van der Waals surface area (Å²) in [5, 5.41) is 11.9. The Hall–Kier alpha value is -2.14. The molecule has 1 aromatic carbocycles. The number of hydrogen-bond donors (Lipinski definition) is 2. The maximum Gasteiger partial charge on any atom is 0.332 e. The van der Waals surface area contributed by atoms with Crippen LogP contribution in [-0.2, 0) is 9.59 Å². The van der Waals surface area contributed by atoms with Crippen LogP contribution >= 0.6 is 0 Å². The SMILES string of the molecule is Cc1ccc(NC(=O)CN2CCC=C(C(=O)O)C2)c(C)c1. The third-order valence-corrected chi connectivity index (χ3v) is 3.53. The summed E-state index contributed by atoms with van der Waals surface area (Å²) in [6.45, 7) is 5.19. The largest absolute Gasteiger partial charge is 0.478 e. The Morgan fingerprint density at radius 1 is 1.33 bits per heavy atom. The Labute approximate surface area is 124 Å². The number of rotatable bonds is 4. The fourth-order valence-corrected chi connectivity index (χ4v) is 2.44. The van der Waals surface area contributed by atoms with E-state index in [1.165, 1.54) is 0 Å². The fourth-order valence-electron chi connectivity index (χ4n) is 2.44. The Bertz CT molecular complexity index is 593. The molecular weight excluding hydrogens is 268 g/mol. The Morgan fingerprint density at radius 2 is 2.10 bits per heavy atom. The van der Waals surface area contributed by atoms with Crippen molar-refractivity contribution in [1.29, 1.82) is 0 Å². The number of nitrogens with one attached hydrogen (secondary N) is 1. The van der Waals surface area contributed by atoms with Gasteiger partial charge in [0.1, 0.15) is 0 Å². The fraction of sp³-hybridized carbons (Fsp3) is 0.375. The van der Waals surface area contributed by atoms with Gasteiger partial charge in [0.15, 0.2) is 0 Å². The van der Waals surface area contributed by atoms with E-state index in [0.29, 0.717) is 25.1 Å². The van der Waals surface area contributed by atoms with Crippen LogP contribution in [0.5, 0.6) is 0 Å². The third kappa shape index (κ3) is 4.16. The molecule has 0 unspecified atom stereocenters. The Kier molecular flexibility index (Phi) is 4.75. The average molecular weight is 288 g/mol. The van der Waals surface area contributed by atoms with E-state index in [-0.39, 0.29) is 12.5 Å². The molecule has 0 atom stereocenters. The van der Waals surface area contributed by atoms with E-state index in [2.05, 4.69) is 5.32 Å². The standard InChI is InChI=1S/C16H20N2O3/c1-11-5-6-14(12(2)8-11)17-15(19)10-18-7-3-4-13(9-18)16(20)21/h4-6,8H,3,7,9-10H2,1-2H3,(H,17,19)(H,20,21). The summed E-state index contributed by atoms with van der Waals surface area (Å²) in [6.07, 6.45) is 2.39. The monoisotopic (exact) mass is 288 g/mol. The van der Waals surface area contributed by atoms with E-state index in [9.17, 15) is 9.59 Å². The molecule has 0 fully saturated rings. The van der Waals surface area contributed by atoms with Gasteiger partial charge in [-0.25, -0.2) is 4.79 Å². The molecule has 2 N–H and O–H groups in total. The molecule has 0 bridgehead atoms. The van der Waals surface area contributed by atoms with Gasteiger partial charge in [-0.2, -0.15) is 0 Å². The van der Waals surface area contributed by atoms with Crippen molar-refractivity contribution in [1.82, 2.24) is 4.90 Å². The van der Waals surface area contributed by atoms with Gasteiger partial charge in [-0.1, -0.05) is 23.8 Å². The van der Waals surface area contributed by atoms with Gasteiger partial charge in [0.2, 0.25) is 5.91 Å². The van der Waals surface area contributed by atoms with Crippen LogP contribution in [0.4, 0.5) is 5.69 Å². The molecule has 0 saturated heterocycles. The molecule has 1 amide bonds. The van der Waals surface area contributed by atoms with Crippen molar-refractivity contribution in [3.8, 4) is 0 Å². The molecular formula is C16H20N2O3. The number of aliphatic carboxylic acids is 1. The van der Waals surface area contributed by atoms with Crippen LogP contribution in [0.3, 0.4) is 0 Å². The summed E-state index contributed by atoms with van der Waals surface area (Å²) < 4.78 is 0. The lowest BCUT2D eigenvalue weighted by Crippen LogP contribution is -2.38. The van der Waals surface area contributed by atoms with Crippen LogP contribution in [0.1, 0.15) is 17.5 Å². The first-order chi connectivity index (χ1) is 9.95. The summed E-state index contributed by atoms with van der Waals surface area (Å²) in [7, 11) is 0. The number of hydrogen-bond acceptors (Lipinski definition) is 3. The lowest BCUT2D eigenvalue weighted by atomic mass is 10.1. The number of carbonyl (C=O) groups excluding carboxylic acids is 1. The van der Waals surface area contributed by atoms with Gasteiger partial charge in [-0.3, -0.25) is 9.69 Å². The maximum absolute atomic E-state index is 12.1. The normalized spacial score (nSPS) is 15.4. The number of amides is 1. The minimum Gasteiger partial charge on any atom is -0.478 e. The zero-order chi connectivity index (χ0) is 15.4. The predicted molar refractivity (Wildman–Crippen MR) is 81.3 cm³/mol. The van der Waals surface area contributed by atoms with Crippen LogP contribution in [0.25, 0.3) is 0 Å². The highest BCUT2D eigenvalue weighted by Crippen LogP contribution is 2.16. The second kappa shape index (κ2) is 6.54. The highest BCUT2D eigenvalue weighted by molar-refractivity contribution is 5.93. The highest BCUT2D eigenvalue weighted by atomic mass is 16.4. The summed E-state index contributed by atoms with van der Waals surface area (Å²) in [5.41, 5.74) is 3.34. The average Bonchev–Trinajstić information content (AvgIpc) is 2.42. The second-order valence-electron chi connectivity index (χ2n) is 5.40. The van der Waals surface area contributed by atoms with E-state index in [0.717, 1.165) is 16.8 Å². The Balaban J connectivity index is 1.93. The molecule has 0 aromatic heterocycles. The highest BCUT2D eigenvalue weighted by Gasteiger charge is 2.19. The van der Waals surface area contributed by atoms with Gasteiger partial charge in [0, 0.05) is 24.4 Å². The Morgan fingerprint density at radius 3 is 2.76 bits per heavy atom. The molecule has 5 heteroatoms. The van der Waals surface area contributed by atoms with Crippen LogP contribution in [0.2, 0.25) is 0 Å². The van der Waals surface area contributed by atoms with Crippen LogP contribution in [0.15, 0.2) is 29.8 Å². The lowest BCUT2D eigenvalue weighted by molar-refractivity contribution is -0.133. The molecule has 21 heavy (non-hydrogen) atoms. The quantitative estimate of drug-likeness (QED) is 0.888. The van der Waals surface area contributed by atoms with E-state index in [1.54, 1.807) is 6.08 Å². The first kappa shape index (κ1) is 15.3. The number of carbonyl (C=O) groups is 2. The van der Waals surface area contributed by atoms with Crippen molar-refractivity contribution in [3.05, 3.63) is 41.0 Å². The van der Waals surface area contributed by atoms with Crippen molar-refractivity contribution < 1.29 is 14.7 Å². The molecule has 112 valence electrons. The molecule has 1 aliphatic rings. The number of benzene rings is 1. The summed E-state index contributed by atoms with van der Waals surface area (Å²) >= 11 is 0. The molecule has 1 aliphatic heterocycles. The third-order valence-electron chi connectivity index (χ3n) is 3.53. The zero-order valence-corrected chi connectivity index (χ0v) is 12.3. The van der Waals surface area contributed by atoms with Crippen molar-refractivity contribution in [2.45, 2.75) is 20.3 Å². The van der Waals surface area contributed by atoms with E-state index in [1.807, 2.05) is 36.9 Å². The van der Waals surface area contributed by atoms with E-state index < -0.39 is 5.97 Å². The van der Waals surface area contributed by atoms with Gasteiger partial charge >= 0.3 is 5.97 Å². The van der Waals surface area contributed by atoms with Crippen molar-refractivity contribution in [2.24, 2.45) is 0 Å². The van der Waals surface area contributed by atoms with Crippen LogP contribution in [-0.4, -0.2) is 41.5 Å². The van der Waals surface area contributed by atoms with Gasteiger partial charge in [0.05, 0.1) is 6.54 Å². The minimum atomic E-state index is -0.908. The molecule has 1 aromatic rings. The zero-order valence-electron chi connectivity index (χ0n) is 12.3. The number of aryl methyl sites for hydroxylation is 2. The molecule has 0 aliphatic carbocycles. The predicted octanol–water partition coefficient (Wildman–Crippen LogP) is 1.96. The molecule has 0 spiro atoms. The first-order valence-electron chi connectivity index (χ1n) is 6.97. The van der Waals surface area contributed by atoms with E-state index in [4.69, 9.17) is 5.11 Å². The number of carboxylic acids is 1. The number of nitrogens with zero attached hydrogens (tertiary/aromatic N) is 1. The molecule has 1 heterocycles. The van der Waals surface area contributed by atoms with Crippen LogP contribution in [0, 0.1) is 13.8 Å².